The summed E-state index contributed by atoms with van der Waals surface area (Å²) in [5.41, 5.74) is 6.70. The molecule has 0 heterocycles. The number of hydrogen-bond donors (Lipinski definition) is 3. The van der Waals surface area contributed by atoms with Gasteiger partial charge < -0.3 is 15.9 Å². The molecule has 0 radical (unpaired) electrons. The van der Waals surface area contributed by atoms with E-state index in [1.807, 2.05) is 0 Å². The average Bonchev–Trinajstić information content (AvgIpc) is 2.10. The first kappa shape index (κ1) is 10.3. The van der Waals surface area contributed by atoms with Crippen molar-refractivity contribution in [3.8, 4) is 5.75 Å². The first-order valence-electron chi connectivity index (χ1n) is 3.91. The van der Waals surface area contributed by atoms with Gasteiger partial charge >= 0.3 is 0 Å². The topological polar surface area (TPSA) is 66.5 Å². The zero-order valence-corrected chi connectivity index (χ0v) is 8.04. The number of hydrogen-bond acceptors (Lipinski definition) is 3. The van der Waals surface area contributed by atoms with E-state index in [1.54, 1.807) is 19.1 Å². The lowest BCUT2D eigenvalue weighted by Crippen LogP contribution is -2.14. The molecule has 0 aliphatic carbocycles. The maximum atomic E-state index is 9.57. The van der Waals surface area contributed by atoms with Crippen molar-refractivity contribution >= 4 is 11.6 Å². The molecule has 13 heavy (non-hydrogen) atoms. The molecule has 1 rings (SSSR count). The molecule has 0 saturated carbocycles. The average molecular weight is 202 g/mol. The van der Waals surface area contributed by atoms with Gasteiger partial charge in [-0.25, -0.2) is 0 Å². The van der Waals surface area contributed by atoms with Crippen LogP contribution in [0.25, 0.3) is 0 Å². The number of aliphatic hydroxyl groups excluding tert-OH is 1. The number of aliphatic hydroxyl groups is 1. The van der Waals surface area contributed by atoms with E-state index >= 15 is 0 Å². The highest BCUT2D eigenvalue weighted by Gasteiger charge is 2.12. The maximum Gasteiger partial charge on any atom is 0.123 e. The molecule has 0 unspecified atom stereocenters. The Morgan fingerprint density at radius 2 is 2.15 bits per heavy atom. The molecule has 0 fully saturated rings. The minimum Gasteiger partial charge on any atom is -0.507 e. The molecule has 4 N–H and O–H groups in total. The highest BCUT2D eigenvalue weighted by molar-refractivity contribution is 6.30. The van der Waals surface area contributed by atoms with E-state index in [0.717, 1.165) is 0 Å². The first-order valence-corrected chi connectivity index (χ1v) is 4.29. The van der Waals surface area contributed by atoms with Gasteiger partial charge in [-0.15, -0.1) is 0 Å². The number of aromatic hydroxyl groups is 1. The van der Waals surface area contributed by atoms with Crippen molar-refractivity contribution in [1.29, 1.82) is 0 Å². The lowest BCUT2D eigenvalue weighted by molar-refractivity contribution is 0.265. The molecule has 1 aromatic carbocycles. The van der Waals surface area contributed by atoms with Gasteiger partial charge in [0.15, 0.2) is 0 Å². The third-order valence-electron chi connectivity index (χ3n) is 1.89. The van der Waals surface area contributed by atoms with Crippen molar-refractivity contribution in [3.63, 3.8) is 0 Å². The van der Waals surface area contributed by atoms with E-state index < -0.39 is 6.04 Å². The van der Waals surface area contributed by atoms with Crippen molar-refractivity contribution in [2.45, 2.75) is 13.0 Å². The second kappa shape index (κ2) is 3.96. The zero-order valence-electron chi connectivity index (χ0n) is 7.29. The van der Waals surface area contributed by atoms with Crippen LogP contribution < -0.4 is 5.73 Å². The van der Waals surface area contributed by atoms with Crippen LogP contribution >= 0.6 is 11.6 Å². The van der Waals surface area contributed by atoms with Crippen LogP contribution in [0.3, 0.4) is 0 Å². The van der Waals surface area contributed by atoms with Crippen LogP contribution in [0.1, 0.15) is 17.2 Å². The van der Waals surface area contributed by atoms with Gasteiger partial charge in [-0.2, -0.15) is 0 Å². The van der Waals surface area contributed by atoms with Crippen LogP contribution in [-0.2, 0) is 0 Å². The van der Waals surface area contributed by atoms with Crippen LogP contribution in [0.5, 0.6) is 5.75 Å². The Labute approximate surface area is 81.8 Å². The second-order valence-electron chi connectivity index (χ2n) is 2.95. The van der Waals surface area contributed by atoms with Gasteiger partial charge in [0.1, 0.15) is 5.75 Å². The summed E-state index contributed by atoms with van der Waals surface area (Å²) >= 11 is 5.77. The lowest BCUT2D eigenvalue weighted by atomic mass is 10.0. The molecule has 0 aromatic heterocycles. The van der Waals surface area contributed by atoms with Crippen molar-refractivity contribution in [3.05, 3.63) is 28.3 Å². The van der Waals surface area contributed by atoms with Gasteiger partial charge in [0.05, 0.1) is 12.6 Å². The van der Waals surface area contributed by atoms with Crippen molar-refractivity contribution in [2.24, 2.45) is 5.73 Å². The Morgan fingerprint density at radius 1 is 1.54 bits per heavy atom. The highest BCUT2D eigenvalue weighted by Crippen LogP contribution is 2.29. The summed E-state index contributed by atoms with van der Waals surface area (Å²) < 4.78 is 0. The minimum absolute atomic E-state index is 0.103. The van der Waals surface area contributed by atoms with Crippen LogP contribution in [0, 0.1) is 6.92 Å². The Morgan fingerprint density at radius 3 is 2.69 bits per heavy atom. The van der Waals surface area contributed by atoms with E-state index in [0.29, 0.717) is 16.1 Å². The predicted octanol–water partition coefficient (Wildman–Crippen LogP) is 1.35. The zero-order chi connectivity index (χ0) is 10.0. The molecule has 0 bridgehead atoms. The number of phenolic OH excluding ortho intramolecular Hbond substituents is 1. The molecule has 0 aliphatic heterocycles. The Hall–Kier alpha value is -0.770. The molecule has 0 aliphatic rings. The molecule has 0 saturated heterocycles. The number of aryl methyl sites for hydroxylation is 1. The van der Waals surface area contributed by atoms with Gasteiger partial charge in [-0.3, -0.25) is 0 Å². The third-order valence-corrected chi connectivity index (χ3v) is 2.11. The Balaban J connectivity index is 3.20. The summed E-state index contributed by atoms with van der Waals surface area (Å²) in [5, 5.41) is 18.9. The smallest absolute Gasteiger partial charge is 0.123 e. The van der Waals surface area contributed by atoms with Gasteiger partial charge in [0.25, 0.3) is 0 Å². The lowest BCUT2D eigenvalue weighted by Gasteiger charge is -2.12. The highest BCUT2D eigenvalue weighted by atomic mass is 35.5. The molecule has 72 valence electrons. The van der Waals surface area contributed by atoms with Gasteiger partial charge in [0, 0.05) is 10.6 Å². The van der Waals surface area contributed by atoms with Crippen molar-refractivity contribution in [1.82, 2.24) is 0 Å². The summed E-state index contributed by atoms with van der Waals surface area (Å²) in [5.74, 6) is 0.103. The quantitative estimate of drug-likeness (QED) is 0.677. The number of rotatable bonds is 2. The molecule has 1 atom stereocenters. The predicted molar refractivity (Wildman–Crippen MR) is 51.9 cm³/mol. The summed E-state index contributed by atoms with van der Waals surface area (Å²) in [6, 6.07) is 2.62. The standard InChI is InChI=1S/C9H12ClNO2/c1-5-2-6(10)3-7(9(5)13)8(11)4-12/h2-3,8,12-13H,4,11H2,1H3/t8-/m0/s1. The van der Waals surface area contributed by atoms with E-state index in [4.69, 9.17) is 22.4 Å². The van der Waals surface area contributed by atoms with E-state index in [1.165, 1.54) is 0 Å². The summed E-state index contributed by atoms with van der Waals surface area (Å²) in [6.45, 7) is 1.52. The number of benzene rings is 1. The van der Waals surface area contributed by atoms with Gasteiger partial charge in [-0.1, -0.05) is 11.6 Å². The van der Waals surface area contributed by atoms with Crippen LogP contribution in [-0.4, -0.2) is 16.8 Å². The fourth-order valence-electron chi connectivity index (χ4n) is 1.14. The van der Waals surface area contributed by atoms with E-state index in [-0.39, 0.29) is 12.4 Å². The maximum absolute atomic E-state index is 9.57. The molecule has 1 aromatic rings. The SMILES string of the molecule is Cc1cc(Cl)cc([C@@H](N)CO)c1O. The third kappa shape index (κ3) is 2.12. The number of phenols is 1. The fraction of sp³-hybridized carbons (Fsp3) is 0.333. The number of halogens is 1. The van der Waals surface area contributed by atoms with Crippen LogP contribution in [0.15, 0.2) is 12.1 Å². The minimum atomic E-state index is -0.586. The molecule has 4 heteroatoms. The van der Waals surface area contributed by atoms with E-state index in [9.17, 15) is 5.11 Å². The molecular weight excluding hydrogens is 190 g/mol. The first-order chi connectivity index (χ1) is 6.06. The van der Waals surface area contributed by atoms with Crippen LogP contribution in [0.2, 0.25) is 5.02 Å². The Bertz CT molecular complexity index is 315. The summed E-state index contributed by atoms with van der Waals surface area (Å²) in [7, 11) is 0. The second-order valence-corrected chi connectivity index (χ2v) is 3.39. The monoisotopic (exact) mass is 201 g/mol. The molecule has 3 nitrogen and oxygen atoms in total. The molecular formula is C9H12ClNO2. The fourth-order valence-corrected chi connectivity index (χ4v) is 1.42. The van der Waals surface area contributed by atoms with Crippen molar-refractivity contribution < 1.29 is 10.2 Å². The number of nitrogens with two attached hydrogens (primary N) is 1. The van der Waals surface area contributed by atoms with Gasteiger partial charge in [-0.05, 0) is 24.6 Å². The molecule has 0 spiro atoms. The molecule has 0 amide bonds. The Kier molecular flexibility index (Phi) is 3.14. The van der Waals surface area contributed by atoms with Crippen LogP contribution in [0.4, 0.5) is 0 Å². The van der Waals surface area contributed by atoms with Crippen molar-refractivity contribution in [2.75, 3.05) is 6.61 Å². The largest absolute Gasteiger partial charge is 0.507 e. The normalized spacial score (nSPS) is 12.9. The summed E-state index contributed by atoms with van der Waals surface area (Å²) in [4.78, 5) is 0. The summed E-state index contributed by atoms with van der Waals surface area (Å²) in [6.07, 6.45) is 0. The van der Waals surface area contributed by atoms with Gasteiger partial charge in [0.2, 0.25) is 0 Å². The van der Waals surface area contributed by atoms with E-state index in [2.05, 4.69) is 0 Å².